The Bertz CT molecular complexity index is 302. The zero-order valence-corrected chi connectivity index (χ0v) is 6.69. The van der Waals surface area contributed by atoms with Gasteiger partial charge in [-0.1, -0.05) is 0 Å². The molecule has 0 aliphatic carbocycles. The summed E-state index contributed by atoms with van der Waals surface area (Å²) in [6.07, 6.45) is 8.11. The van der Waals surface area contributed by atoms with Gasteiger partial charge in [-0.25, -0.2) is 0 Å². The SMILES string of the molecule is CC(=O)N1C=CC(=CC#N)C=C1. The number of hydrogen-bond acceptors (Lipinski definition) is 2. The molecule has 3 nitrogen and oxygen atoms in total. The van der Waals surface area contributed by atoms with Gasteiger partial charge in [0.05, 0.1) is 6.07 Å². The number of amides is 1. The van der Waals surface area contributed by atoms with Crippen molar-refractivity contribution in [3.63, 3.8) is 0 Å². The van der Waals surface area contributed by atoms with Gasteiger partial charge in [-0.2, -0.15) is 5.26 Å². The number of nitriles is 1. The number of hydrogen-bond donors (Lipinski definition) is 0. The standard InChI is InChI=1S/C9H8N2O/c1-8(12)11-6-3-9(2-5-10)4-7-11/h2-4,6-7H,1H3. The van der Waals surface area contributed by atoms with Gasteiger partial charge in [0.25, 0.3) is 0 Å². The topological polar surface area (TPSA) is 44.1 Å². The van der Waals surface area contributed by atoms with Crippen molar-refractivity contribution in [2.45, 2.75) is 6.92 Å². The third kappa shape index (κ3) is 1.83. The van der Waals surface area contributed by atoms with Crippen LogP contribution in [0, 0.1) is 11.3 Å². The summed E-state index contributed by atoms with van der Waals surface area (Å²) in [6.45, 7) is 1.48. The average molecular weight is 160 g/mol. The lowest BCUT2D eigenvalue weighted by atomic mass is 10.2. The Morgan fingerprint density at radius 3 is 2.58 bits per heavy atom. The molecule has 1 rings (SSSR count). The van der Waals surface area contributed by atoms with Crippen molar-refractivity contribution in [3.8, 4) is 6.07 Å². The molecule has 60 valence electrons. The van der Waals surface area contributed by atoms with Crippen molar-refractivity contribution >= 4 is 5.91 Å². The normalized spacial score (nSPS) is 14.3. The van der Waals surface area contributed by atoms with Gasteiger partial charge in [-0.3, -0.25) is 9.69 Å². The molecule has 3 heteroatoms. The Morgan fingerprint density at radius 1 is 1.58 bits per heavy atom. The minimum atomic E-state index is -0.0430. The lowest BCUT2D eigenvalue weighted by molar-refractivity contribution is -0.124. The molecule has 12 heavy (non-hydrogen) atoms. The Labute approximate surface area is 70.9 Å². The van der Waals surface area contributed by atoms with Crippen LogP contribution in [0.25, 0.3) is 0 Å². The highest BCUT2D eigenvalue weighted by Gasteiger charge is 2.03. The second-order valence-electron chi connectivity index (χ2n) is 2.33. The van der Waals surface area contributed by atoms with Crippen LogP contribution in [-0.4, -0.2) is 10.8 Å². The number of allylic oxidation sites excluding steroid dienone is 4. The second-order valence-corrected chi connectivity index (χ2v) is 2.33. The van der Waals surface area contributed by atoms with Gasteiger partial charge >= 0.3 is 0 Å². The molecule has 1 heterocycles. The summed E-state index contributed by atoms with van der Waals surface area (Å²) >= 11 is 0. The van der Waals surface area contributed by atoms with E-state index in [1.54, 1.807) is 24.6 Å². The van der Waals surface area contributed by atoms with Crippen molar-refractivity contribution in [2.75, 3.05) is 0 Å². The summed E-state index contributed by atoms with van der Waals surface area (Å²) in [5.41, 5.74) is 0.801. The largest absolute Gasteiger partial charge is 0.295 e. The highest BCUT2D eigenvalue weighted by molar-refractivity contribution is 5.76. The van der Waals surface area contributed by atoms with Gasteiger partial charge < -0.3 is 0 Å². The van der Waals surface area contributed by atoms with Gasteiger partial charge in [0, 0.05) is 25.4 Å². The molecule has 0 aromatic rings. The van der Waals surface area contributed by atoms with E-state index in [1.807, 2.05) is 6.07 Å². The molecular weight excluding hydrogens is 152 g/mol. The fourth-order valence-electron chi connectivity index (χ4n) is 0.819. The van der Waals surface area contributed by atoms with Crippen LogP contribution in [-0.2, 0) is 4.79 Å². The molecule has 0 radical (unpaired) electrons. The first-order valence-corrected chi connectivity index (χ1v) is 3.49. The molecule has 0 bridgehead atoms. The van der Waals surface area contributed by atoms with Gasteiger partial charge in [0.15, 0.2) is 0 Å². The van der Waals surface area contributed by atoms with E-state index in [1.165, 1.54) is 17.9 Å². The molecule has 0 saturated carbocycles. The smallest absolute Gasteiger partial charge is 0.227 e. The summed E-state index contributed by atoms with van der Waals surface area (Å²) < 4.78 is 0. The molecule has 0 fully saturated rings. The van der Waals surface area contributed by atoms with Gasteiger partial charge in [0.2, 0.25) is 5.91 Å². The highest BCUT2D eigenvalue weighted by Crippen LogP contribution is 2.08. The number of rotatable bonds is 0. The summed E-state index contributed by atoms with van der Waals surface area (Å²) in [6, 6.07) is 1.91. The van der Waals surface area contributed by atoms with E-state index in [2.05, 4.69) is 0 Å². The molecule has 0 spiro atoms. The van der Waals surface area contributed by atoms with Crippen molar-refractivity contribution in [1.82, 2.24) is 4.90 Å². The minimum Gasteiger partial charge on any atom is -0.295 e. The zero-order chi connectivity index (χ0) is 8.97. The van der Waals surface area contributed by atoms with Crippen molar-refractivity contribution in [1.29, 1.82) is 5.26 Å². The fraction of sp³-hybridized carbons (Fsp3) is 0.111. The quantitative estimate of drug-likeness (QED) is 0.502. The molecular formula is C9H8N2O. The van der Waals surface area contributed by atoms with E-state index >= 15 is 0 Å². The molecule has 0 aromatic heterocycles. The summed E-state index contributed by atoms with van der Waals surface area (Å²) in [4.78, 5) is 12.3. The van der Waals surface area contributed by atoms with Crippen molar-refractivity contribution in [2.24, 2.45) is 0 Å². The van der Waals surface area contributed by atoms with E-state index in [9.17, 15) is 4.79 Å². The molecule has 0 aromatic carbocycles. The van der Waals surface area contributed by atoms with E-state index in [-0.39, 0.29) is 5.91 Å². The molecule has 0 N–H and O–H groups in total. The second kappa shape index (κ2) is 3.54. The summed E-state index contributed by atoms with van der Waals surface area (Å²) in [5, 5.41) is 8.32. The summed E-state index contributed by atoms with van der Waals surface area (Å²) in [5.74, 6) is -0.0430. The maximum absolute atomic E-state index is 10.8. The molecule has 1 aliphatic heterocycles. The van der Waals surface area contributed by atoms with Crippen LogP contribution >= 0.6 is 0 Å². The van der Waals surface area contributed by atoms with Crippen LogP contribution in [0.1, 0.15) is 6.92 Å². The van der Waals surface area contributed by atoms with Gasteiger partial charge in [0.1, 0.15) is 0 Å². The first kappa shape index (κ1) is 8.28. The van der Waals surface area contributed by atoms with Gasteiger partial charge in [-0.05, 0) is 17.7 Å². The minimum absolute atomic E-state index is 0.0430. The van der Waals surface area contributed by atoms with Crippen LogP contribution < -0.4 is 0 Å². The Kier molecular flexibility index (Phi) is 2.44. The predicted molar refractivity (Wildman–Crippen MR) is 44.5 cm³/mol. The first-order valence-electron chi connectivity index (χ1n) is 3.49. The fourth-order valence-corrected chi connectivity index (χ4v) is 0.819. The van der Waals surface area contributed by atoms with Gasteiger partial charge in [-0.15, -0.1) is 0 Å². The van der Waals surface area contributed by atoms with E-state index in [0.717, 1.165) is 5.57 Å². The average Bonchev–Trinajstić information content (AvgIpc) is 2.06. The monoisotopic (exact) mass is 160 g/mol. The van der Waals surface area contributed by atoms with E-state index in [0.29, 0.717) is 0 Å². The molecule has 1 amide bonds. The van der Waals surface area contributed by atoms with Crippen molar-refractivity contribution in [3.05, 3.63) is 36.2 Å². The first-order chi connectivity index (χ1) is 5.74. The predicted octanol–water partition coefficient (Wildman–Crippen LogP) is 1.33. The van der Waals surface area contributed by atoms with Crippen molar-refractivity contribution < 1.29 is 4.79 Å². The number of carbonyl (C=O) groups is 1. The van der Waals surface area contributed by atoms with Crippen LogP contribution in [0.5, 0.6) is 0 Å². The Hall–Kier alpha value is -1.82. The van der Waals surface area contributed by atoms with Crippen LogP contribution in [0.4, 0.5) is 0 Å². The van der Waals surface area contributed by atoms with E-state index in [4.69, 9.17) is 5.26 Å². The molecule has 0 saturated heterocycles. The molecule has 0 atom stereocenters. The van der Waals surface area contributed by atoms with Crippen LogP contribution in [0.3, 0.4) is 0 Å². The lowest BCUT2D eigenvalue weighted by Gasteiger charge is -2.13. The Morgan fingerprint density at radius 2 is 2.17 bits per heavy atom. The van der Waals surface area contributed by atoms with E-state index < -0.39 is 0 Å². The number of carbonyl (C=O) groups excluding carboxylic acids is 1. The maximum atomic E-state index is 10.8. The lowest BCUT2D eigenvalue weighted by Crippen LogP contribution is -2.17. The van der Waals surface area contributed by atoms with Crippen LogP contribution in [0.2, 0.25) is 0 Å². The molecule has 0 unspecified atom stereocenters. The highest BCUT2D eigenvalue weighted by atomic mass is 16.2. The Balaban J connectivity index is 2.75. The molecule has 1 aliphatic rings. The number of nitrogens with zero attached hydrogens (tertiary/aromatic N) is 2. The zero-order valence-electron chi connectivity index (χ0n) is 6.69. The maximum Gasteiger partial charge on any atom is 0.227 e. The summed E-state index contributed by atoms with van der Waals surface area (Å²) in [7, 11) is 0. The third-order valence-corrected chi connectivity index (χ3v) is 1.45. The third-order valence-electron chi connectivity index (χ3n) is 1.45. The van der Waals surface area contributed by atoms with Crippen LogP contribution in [0.15, 0.2) is 36.2 Å².